The van der Waals surface area contributed by atoms with E-state index in [1.54, 1.807) is 0 Å². The van der Waals surface area contributed by atoms with Gasteiger partial charge in [-0.15, -0.1) is 0 Å². The third-order valence-electron chi connectivity index (χ3n) is 5.36. The molecule has 0 saturated carbocycles. The molecule has 26 heavy (non-hydrogen) atoms. The second-order valence-corrected chi connectivity index (χ2v) is 7.62. The predicted octanol–water partition coefficient (Wildman–Crippen LogP) is 4.74. The Morgan fingerprint density at radius 2 is 1.92 bits per heavy atom. The van der Waals surface area contributed by atoms with Crippen molar-refractivity contribution < 1.29 is 0 Å². The minimum atomic E-state index is 0.503. The lowest BCUT2D eigenvalue weighted by Gasteiger charge is -2.37. The summed E-state index contributed by atoms with van der Waals surface area (Å²) in [5.41, 5.74) is 5.45. The maximum absolute atomic E-state index is 5.67. The zero-order valence-electron chi connectivity index (χ0n) is 16.0. The molecule has 2 nitrogen and oxygen atoms in total. The van der Waals surface area contributed by atoms with Gasteiger partial charge in [0.05, 0.1) is 0 Å². The Bertz CT molecular complexity index is 740. The Kier molecular flexibility index (Phi) is 6.81. The average Bonchev–Trinajstić information content (AvgIpc) is 2.70. The van der Waals surface area contributed by atoms with Crippen molar-refractivity contribution in [3.8, 4) is 0 Å². The van der Waals surface area contributed by atoms with E-state index in [0.717, 1.165) is 43.0 Å². The minimum absolute atomic E-state index is 0.503. The van der Waals surface area contributed by atoms with Crippen LogP contribution in [0.1, 0.15) is 48.9 Å². The molecule has 3 heteroatoms. The molecule has 0 fully saturated rings. The number of nitrogens with zero attached hydrogens (tertiary/aromatic N) is 1. The summed E-state index contributed by atoms with van der Waals surface area (Å²) >= 11 is 5.67. The van der Waals surface area contributed by atoms with Gasteiger partial charge in [-0.05, 0) is 48.6 Å². The minimum Gasteiger partial charge on any atom is -0.374 e. The van der Waals surface area contributed by atoms with Gasteiger partial charge in [0.15, 0.2) is 0 Å². The average molecular weight is 367 g/mol. The number of fused-ring (bicyclic) bond motifs is 1. The molecule has 1 heterocycles. The summed E-state index contributed by atoms with van der Waals surface area (Å²) in [5, 5.41) is 3.55. The predicted molar refractivity (Wildman–Crippen MR) is 115 cm³/mol. The number of thiocarbonyl (C=S) groups is 1. The first-order chi connectivity index (χ1) is 12.7. The van der Waals surface area contributed by atoms with E-state index in [1.165, 1.54) is 29.5 Å². The topological polar surface area (TPSA) is 15.3 Å². The fraction of sp³-hybridized carbons (Fsp3) is 0.435. The fourth-order valence-electron chi connectivity index (χ4n) is 3.71. The van der Waals surface area contributed by atoms with Crippen LogP contribution in [0.2, 0.25) is 0 Å². The zero-order valence-corrected chi connectivity index (χ0v) is 16.8. The number of hydrogen-bond acceptors (Lipinski definition) is 2. The lowest BCUT2D eigenvalue weighted by Crippen LogP contribution is -2.47. The monoisotopic (exact) mass is 366 g/mol. The first-order valence-corrected chi connectivity index (χ1v) is 10.3. The molecule has 0 aromatic heterocycles. The molecule has 0 spiro atoms. The molecule has 2 aromatic rings. The van der Waals surface area contributed by atoms with E-state index in [0.29, 0.717) is 6.04 Å². The highest BCUT2D eigenvalue weighted by Crippen LogP contribution is 2.23. The molecule has 1 atom stereocenters. The van der Waals surface area contributed by atoms with Crippen LogP contribution >= 0.6 is 12.2 Å². The lowest BCUT2D eigenvalue weighted by atomic mass is 9.93. The number of aryl methyl sites for hydroxylation is 1. The van der Waals surface area contributed by atoms with Gasteiger partial charge in [0, 0.05) is 24.7 Å². The molecule has 0 bridgehead atoms. The van der Waals surface area contributed by atoms with Crippen molar-refractivity contribution >= 4 is 17.2 Å². The van der Waals surface area contributed by atoms with Crippen molar-refractivity contribution in [3.05, 3.63) is 70.8 Å². The number of unbranched alkanes of at least 4 members (excludes halogenated alkanes) is 1. The van der Waals surface area contributed by atoms with E-state index in [4.69, 9.17) is 12.2 Å². The zero-order chi connectivity index (χ0) is 18.4. The first-order valence-electron chi connectivity index (χ1n) is 9.89. The summed E-state index contributed by atoms with van der Waals surface area (Å²) in [6.07, 6.45) is 4.63. The van der Waals surface area contributed by atoms with Gasteiger partial charge in [-0.25, -0.2) is 0 Å². The summed E-state index contributed by atoms with van der Waals surface area (Å²) in [4.78, 5) is 3.50. The van der Waals surface area contributed by atoms with Crippen molar-refractivity contribution in [1.29, 1.82) is 0 Å². The third-order valence-corrected chi connectivity index (χ3v) is 5.74. The Morgan fingerprint density at radius 3 is 2.69 bits per heavy atom. The van der Waals surface area contributed by atoms with Crippen molar-refractivity contribution in [1.82, 2.24) is 10.2 Å². The maximum atomic E-state index is 5.67. The standard InChI is InChI=1S/C23H30N2S/c1-3-5-13-25-17-21-11-7-6-10-19(21)15-22(25)16-24-23(26)20-12-8-9-18(4-2)14-20/h6-12,14,22H,3-5,13,15-17H2,1-2H3,(H,24,26)/t22-/m0/s1. The van der Waals surface area contributed by atoms with Crippen molar-refractivity contribution in [3.63, 3.8) is 0 Å². The van der Waals surface area contributed by atoms with Gasteiger partial charge in [-0.3, -0.25) is 4.90 Å². The normalized spacial score (nSPS) is 16.9. The summed E-state index contributed by atoms with van der Waals surface area (Å²) in [5.74, 6) is 0. The molecule has 3 rings (SSSR count). The summed E-state index contributed by atoms with van der Waals surface area (Å²) in [7, 11) is 0. The van der Waals surface area contributed by atoms with E-state index >= 15 is 0 Å². The summed E-state index contributed by atoms with van der Waals surface area (Å²) < 4.78 is 0. The van der Waals surface area contributed by atoms with Gasteiger partial charge < -0.3 is 5.32 Å². The SMILES string of the molecule is CCCCN1Cc2ccccc2C[C@H]1CNC(=S)c1cccc(CC)c1. The van der Waals surface area contributed by atoms with E-state index < -0.39 is 0 Å². The summed E-state index contributed by atoms with van der Waals surface area (Å²) in [6.45, 7) is 7.57. The van der Waals surface area contributed by atoms with Crippen LogP contribution in [0.15, 0.2) is 48.5 Å². The third kappa shape index (κ3) is 4.72. The number of benzene rings is 2. The van der Waals surface area contributed by atoms with Crippen LogP contribution in [0.3, 0.4) is 0 Å². The smallest absolute Gasteiger partial charge is 0.106 e. The lowest BCUT2D eigenvalue weighted by molar-refractivity contribution is 0.170. The van der Waals surface area contributed by atoms with Gasteiger partial charge in [0.2, 0.25) is 0 Å². The quantitative estimate of drug-likeness (QED) is 0.713. The van der Waals surface area contributed by atoms with Gasteiger partial charge in [0.1, 0.15) is 4.99 Å². The molecule has 1 N–H and O–H groups in total. The highest BCUT2D eigenvalue weighted by Gasteiger charge is 2.25. The molecule has 0 unspecified atom stereocenters. The molecule has 2 aromatic carbocycles. The van der Waals surface area contributed by atoms with Crippen molar-refractivity contribution in [2.45, 2.75) is 52.1 Å². The van der Waals surface area contributed by atoms with Crippen LogP contribution in [0.5, 0.6) is 0 Å². The Morgan fingerprint density at radius 1 is 1.12 bits per heavy atom. The van der Waals surface area contributed by atoms with Crippen LogP contribution in [0.4, 0.5) is 0 Å². The fourth-order valence-corrected chi connectivity index (χ4v) is 3.92. The molecule has 1 aliphatic rings. The van der Waals surface area contributed by atoms with Crippen LogP contribution in [0, 0.1) is 0 Å². The molecule has 0 saturated heterocycles. The second kappa shape index (κ2) is 9.29. The van der Waals surface area contributed by atoms with E-state index in [-0.39, 0.29) is 0 Å². The van der Waals surface area contributed by atoms with Gasteiger partial charge >= 0.3 is 0 Å². The van der Waals surface area contributed by atoms with Gasteiger partial charge in [-0.2, -0.15) is 0 Å². The number of nitrogens with one attached hydrogen (secondary N) is 1. The van der Waals surface area contributed by atoms with Crippen LogP contribution in [-0.2, 0) is 19.4 Å². The highest BCUT2D eigenvalue weighted by atomic mass is 32.1. The van der Waals surface area contributed by atoms with E-state index in [1.807, 2.05) is 0 Å². The molecule has 138 valence electrons. The molecule has 0 aliphatic carbocycles. The number of hydrogen-bond donors (Lipinski definition) is 1. The largest absolute Gasteiger partial charge is 0.374 e. The van der Waals surface area contributed by atoms with Crippen LogP contribution in [-0.4, -0.2) is 29.0 Å². The van der Waals surface area contributed by atoms with Crippen LogP contribution < -0.4 is 5.32 Å². The maximum Gasteiger partial charge on any atom is 0.106 e. The van der Waals surface area contributed by atoms with E-state index in [2.05, 4.69) is 72.6 Å². The van der Waals surface area contributed by atoms with Gasteiger partial charge in [-0.1, -0.05) is 75.0 Å². The van der Waals surface area contributed by atoms with E-state index in [9.17, 15) is 0 Å². The molecule has 0 amide bonds. The molecule has 1 aliphatic heterocycles. The van der Waals surface area contributed by atoms with Gasteiger partial charge in [0.25, 0.3) is 0 Å². The Balaban J connectivity index is 1.67. The van der Waals surface area contributed by atoms with Crippen LogP contribution in [0.25, 0.3) is 0 Å². The molecule has 0 radical (unpaired) electrons. The number of rotatable bonds is 7. The first kappa shape index (κ1) is 19.1. The van der Waals surface area contributed by atoms with Crippen molar-refractivity contribution in [2.75, 3.05) is 13.1 Å². The highest BCUT2D eigenvalue weighted by molar-refractivity contribution is 7.80. The summed E-state index contributed by atoms with van der Waals surface area (Å²) in [6, 6.07) is 18.0. The Hall–Kier alpha value is -1.71. The molecular weight excluding hydrogens is 336 g/mol. The molecular formula is C23H30N2S. The second-order valence-electron chi connectivity index (χ2n) is 7.21. The van der Waals surface area contributed by atoms with Crippen molar-refractivity contribution in [2.24, 2.45) is 0 Å². The Labute approximate surface area is 163 Å².